The van der Waals surface area contributed by atoms with E-state index in [0.29, 0.717) is 18.8 Å². The van der Waals surface area contributed by atoms with E-state index in [1.807, 2.05) is 0 Å². The van der Waals surface area contributed by atoms with Gasteiger partial charge in [-0.15, -0.1) is 5.10 Å². The lowest BCUT2D eigenvalue weighted by Gasteiger charge is -2.32. The van der Waals surface area contributed by atoms with Crippen LogP contribution in [0, 0.1) is 5.82 Å². The summed E-state index contributed by atoms with van der Waals surface area (Å²) in [5.41, 5.74) is 0.561. The molecule has 0 aliphatic carbocycles. The van der Waals surface area contributed by atoms with Gasteiger partial charge in [-0.1, -0.05) is 5.21 Å². The molecule has 1 aliphatic heterocycles. The van der Waals surface area contributed by atoms with Gasteiger partial charge >= 0.3 is 0 Å². The summed E-state index contributed by atoms with van der Waals surface area (Å²) in [4.78, 5) is 14.1. The van der Waals surface area contributed by atoms with Gasteiger partial charge in [0.25, 0.3) is 5.91 Å². The number of hydrogen-bond acceptors (Lipinski definition) is 5. The molecule has 2 N–H and O–H groups in total. The number of aromatic hydroxyl groups is 1. The second kappa shape index (κ2) is 6.33. The Labute approximate surface area is 132 Å². The van der Waals surface area contributed by atoms with E-state index >= 15 is 0 Å². The highest BCUT2D eigenvalue weighted by Gasteiger charge is 2.27. The number of carbonyl (C=O) groups is 1. The number of hydrogen-bond donors (Lipinski definition) is 2. The number of halogens is 1. The van der Waals surface area contributed by atoms with Gasteiger partial charge in [0.05, 0.1) is 24.4 Å². The number of phenolic OH excluding ortho intramolecular Hbond substituents is 1. The summed E-state index contributed by atoms with van der Waals surface area (Å²) < 4.78 is 14.7. The zero-order valence-corrected chi connectivity index (χ0v) is 12.4. The zero-order valence-electron chi connectivity index (χ0n) is 12.4. The van der Waals surface area contributed by atoms with Crippen LogP contribution in [0.3, 0.4) is 0 Å². The quantitative estimate of drug-likeness (QED) is 0.883. The normalized spacial score (nSPS) is 18.2. The van der Waals surface area contributed by atoms with Crippen molar-refractivity contribution in [1.82, 2.24) is 19.9 Å². The Hall–Kier alpha value is -2.48. The third-order valence-electron chi connectivity index (χ3n) is 3.97. The van der Waals surface area contributed by atoms with Crippen LogP contribution in [0.25, 0.3) is 0 Å². The highest BCUT2D eigenvalue weighted by molar-refractivity contribution is 5.96. The third kappa shape index (κ3) is 3.16. The SMILES string of the molecule is O=C(c1ccc(F)cc1O)N1CCCC(n2cc(CO)nn2)C1. The number of piperidine rings is 1. The summed E-state index contributed by atoms with van der Waals surface area (Å²) in [5, 5.41) is 26.6. The van der Waals surface area contributed by atoms with E-state index in [0.717, 1.165) is 25.0 Å². The maximum Gasteiger partial charge on any atom is 0.257 e. The Kier molecular flexibility index (Phi) is 4.24. The topological polar surface area (TPSA) is 91.5 Å². The predicted octanol–water partition coefficient (Wildman–Crippen LogP) is 1.09. The number of aliphatic hydroxyl groups excluding tert-OH is 1. The molecule has 2 heterocycles. The van der Waals surface area contributed by atoms with Gasteiger partial charge < -0.3 is 15.1 Å². The summed E-state index contributed by atoms with van der Waals surface area (Å²) in [6, 6.07) is 3.33. The number of carbonyl (C=O) groups excluding carboxylic acids is 1. The molecule has 23 heavy (non-hydrogen) atoms. The van der Waals surface area contributed by atoms with Gasteiger partial charge in [-0.2, -0.15) is 0 Å². The van der Waals surface area contributed by atoms with Crippen LogP contribution in [0.5, 0.6) is 5.75 Å². The van der Waals surface area contributed by atoms with Gasteiger partial charge in [0.1, 0.15) is 17.3 Å². The summed E-state index contributed by atoms with van der Waals surface area (Å²) in [6.45, 7) is 0.802. The third-order valence-corrected chi connectivity index (χ3v) is 3.97. The van der Waals surface area contributed by atoms with Gasteiger partial charge in [-0.05, 0) is 25.0 Å². The Morgan fingerprint density at radius 2 is 2.26 bits per heavy atom. The van der Waals surface area contributed by atoms with Crippen molar-refractivity contribution in [3.8, 4) is 5.75 Å². The maximum absolute atomic E-state index is 13.0. The lowest BCUT2D eigenvalue weighted by Crippen LogP contribution is -2.40. The molecule has 3 rings (SSSR count). The summed E-state index contributed by atoms with van der Waals surface area (Å²) in [6.07, 6.45) is 3.29. The number of phenols is 1. The molecule has 0 radical (unpaired) electrons. The number of nitrogens with zero attached hydrogens (tertiary/aromatic N) is 4. The van der Waals surface area contributed by atoms with Crippen molar-refractivity contribution in [2.45, 2.75) is 25.5 Å². The van der Waals surface area contributed by atoms with Crippen molar-refractivity contribution in [2.24, 2.45) is 0 Å². The number of benzene rings is 1. The predicted molar refractivity (Wildman–Crippen MR) is 78.2 cm³/mol. The molecular weight excluding hydrogens is 303 g/mol. The number of aliphatic hydroxyl groups is 1. The van der Waals surface area contributed by atoms with Crippen molar-refractivity contribution in [3.05, 3.63) is 41.5 Å². The number of aromatic nitrogens is 3. The van der Waals surface area contributed by atoms with E-state index in [1.165, 1.54) is 6.07 Å². The van der Waals surface area contributed by atoms with Crippen molar-refractivity contribution in [1.29, 1.82) is 0 Å². The van der Waals surface area contributed by atoms with E-state index < -0.39 is 5.82 Å². The first-order valence-electron chi connectivity index (χ1n) is 7.38. The van der Waals surface area contributed by atoms with Crippen LogP contribution in [0.4, 0.5) is 4.39 Å². The molecule has 1 aromatic heterocycles. The lowest BCUT2D eigenvalue weighted by molar-refractivity contribution is 0.0668. The van der Waals surface area contributed by atoms with Crippen LogP contribution >= 0.6 is 0 Å². The van der Waals surface area contributed by atoms with E-state index in [9.17, 15) is 14.3 Å². The molecule has 1 atom stereocenters. The fourth-order valence-corrected chi connectivity index (χ4v) is 2.78. The fourth-order valence-electron chi connectivity index (χ4n) is 2.78. The van der Waals surface area contributed by atoms with Crippen LogP contribution in [0.15, 0.2) is 24.4 Å². The van der Waals surface area contributed by atoms with E-state index in [2.05, 4.69) is 10.3 Å². The Balaban J connectivity index is 1.76. The highest BCUT2D eigenvalue weighted by Crippen LogP contribution is 2.25. The van der Waals surface area contributed by atoms with Gasteiger partial charge in [0, 0.05) is 19.2 Å². The van der Waals surface area contributed by atoms with E-state index in [4.69, 9.17) is 5.11 Å². The van der Waals surface area contributed by atoms with E-state index in [1.54, 1.807) is 15.8 Å². The Morgan fingerprint density at radius 3 is 2.96 bits per heavy atom. The summed E-state index contributed by atoms with van der Waals surface area (Å²) >= 11 is 0. The van der Waals surface area contributed by atoms with Crippen LogP contribution in [0.1, 0.15) is 34.9 Å². The van der Waals surface area contributed by atoms with Crippen molar-refractivity contribution in [3.63, 3.8) is 0 Å². The minimum Gasteiger partial charge on any atom is -0.507 e. The lowest BCUT2D eigenvalue weighted by atomic mass is 10.0. The zero-order chi connectivity index (χ0) is 16.4. The second-order valence-corrected chi connectivity index (χ2v) is 5.56. The van der Waals surface area contributed by atoms with Gasteiger partial charge in [0.15, 0.2) is 0 Å². The molecule has 122 valence electrons. The number of likely N-dealkylation sites (tertiary alicyclic amines) is 1. The monoisotopic (exact) mass is 320 g/mol. The molecule has 0 saturated carbocycles. The van der Waals surface area contributed by atoms with Gasteiger partial charge in [-0.25, -0.2) is 9.07 Å². The summed E-state index contributed by atoms with van der Waals surface area (Å²) in [7, 11) is 0. The molecule has 1 aromatic carbocycles. The summed E-state index contributed by atoms with van der Waals surface area (Å²) in [5.74, 6) is -1.29. The van der Waals surface area contributed by atoms with Crippen LogP contribution < -0.4 is 0 Å². The molecule has 1 fully saturated rings. The number of rotatable bonds is 3. The molecule has 1 saturated heterocycles. The van der Waals surface area contributed by atoms with Crippen LogP contribution in [-0.4, -0.2) is 49.1 Å². The molecular formula is C15H17FN4O3. The molecule has 8 heteroatoms. The average molecular weight is 320 g/mol. The molecule has 1 aliphatic rings. The largest absolute Gasteiger partial charge is 0.507 e. The van der Waals surface area contributed by atoms with Gasteiger partial charge in [-0.3, -0.25) is 4.79 Å². The maximum atomic E-state index is 13.0. The first-order valence-corrected chi connectivity index (χ1v) is 7.38. The average Bonchev–Trinajstić information content (AvgIpc) is 3.03. The molecule has 0 bridgehead atoms. The van der Waals surface area contributed by atoms with Crippen molar-refractivity contribution < 1.29 is 19.4 Å². The Morgan fingerprint density at radius 1 is 1.43 bits per heavy atom. The second-order valence-electron chi connectivity index (χ2n) is 5.56. The molecule has 1 amide bonds. The molecule has 2 aromatic rings. The Bertz CT molecular complexity index is 718. The van der Waals surface area contributed by atoms with E-state index in [-0.39, 0.29) is 29.9 Å². The minimum absolute atomic E-state index is 0.0388. The standard InChI is InChI=1S/C15H17FN4O3/c16-10-3-4-13(14(22)6-10)15(23)19-5-1-2-12(8-19)20-7-11(9-21)17-18-20/h3-4,6-7,12,21-22H,1-2,5,8-9H2. The highest BCUT2D eigenvalue weighted by atomic mass is 19.1. The first kappa shape index (κ1) is 15.4. The smallest absolute Gasteiger partial charge is 0.257 e. The molecule has 1 unspecified atom stereocenters. The van der Waals surface area contributed by atoms with Crippen LogP contribution in [0.2, 0.25) is 0 Å². The van der Waals surface area contributed by atoms with Crippen LogP contribution in [-0.2, 0) is 6.61 Å². The van der Waals surface area contributed by atoms with Crippen molar-refractivity contribution in [2.75, 3.05) is 13.1 Å². The number of amides is 1. The van der Waals surface area contributed by atoms with Gasteiger partial charge in [0.2, 0.25) is 0 Å². The fraction of sp³-hybridized carbons (Fsp3) is 0.400. The molecule has 0 spiro atoms. The first-order chi connectivity index (χ1) is 11.1. The molecule has 7 nitrogen and oxygen atoms in total. The van der Waals surface area contributed by atoms with Crippen molar-refractivity contribution >= 4 is 5.91 Å². The minimum atomic E-state index is -0.588.